The molecule has 6 heteroatoms. The quantitative estimate of drug-likeness (QED) is 0.845. The van der Waals surface area contributed by atoms with Crippen LogP contribution in [0, 0.1) is 13.8 Å². The van der Waals surface area contributed by atoms with Crippen molar-refractivity contribution in [2.75, 3.05) is 18.0 Å². The predicted molar refractivity (Wildman–Crippen MR) is 93.4 cm³/mol. The van der Waals surface area contributed by atoms with Crippen LogP contribution in [0.2, 0.25) is 0 Å². The van der Waals surface area contributed by atoms with E-state index in [0.717, 1.165) is 26.1 Å². The minimum absolute atomic E-state index is 0.493. The fraction of sp³-hybridized carbons (Fsp3) is 0.706. The van der Waals surface area contributed by atoms with Crippen LogP contribution < -0.4 is 4.90 Å². The second kappa shape index (κ2) is 6.23. The number of thiazole rings is 1. The van der Waals surface area contributed by atoms with E-state index in [1.54, 1.807) is 0 Å². The highest BCUT2D eigenvalue weighted by Crippen LogP contribution is 2.33. The van der Waals surface area contributed by atoms with Crippen LogP contribution in [0.4, 0.5) is 5.13 Å². The van der Waals surface area contributed by atoms with Crippen LogP contribution in [-0.2, 0) is 13.0 Å². The second-order valence-corrected chi connectivity index (χ2v) is 8.04. The summed E-state index contributed by atoms with van der Waals surface area (Å²) in [6, 6.07) is 0. The number of piperidine rings is 1. The highest BCUT2D eigenvalue weighted by atomic mass is 32.1. The van der Waals surface area contributed by atoms with Crippen LogP contribution in [0.1, 0.15) is 60.2 Å². The molecule has 0 unspecified atom stereocenters. The molecule has 0 spiro atoms. The Morgan fingerprint density at radius 2 is 1.96 bits per heavy atom. The molecule has 23 heavy (non-hydrogen) atoms. The fourth-order valence-electron chi connectivity index (χ4n) is 3.76. The van der Waals surface area contributed by atoms with Crippen molar-refractivity contribution in [1.29, 1.82) is 0 Å². The number of nitrogens with zero attached hydrogens (tertiary/aromatic N) is 5. The maximum absolute atomic E-state index is 4.75. The molecule has 0 amide bonds. The van der Waals surface area contributed by atoms with Crippen molar-refractivity contribution in [3.63, 3.8) is 0 Å². The number of aryl methyl sites for hydroxylation is 3. The first-order chi connectivity index (χ1) is 11.2. The highest BCUT2D eigenvalue weighted by Gasteiger charge is 2.28. The summed E-state index contributed by atoms with van der Waals surface area (Å²) in [6.07, 6.45) is 7.36. The lowest BCUT2D eigenvalue weighted by Gasteiger charge is -2.32. The minimum atomic E-state index is 0.493. The Morgan fingerprint density at radius 1 is 1.04 bits per heavy atom. The molecule has 0 N–H and O–H groups in total. The molecule has 4 heterocycles. The summed E-state index contributed by atoms with van der Waals surface area (Å²) in [5.74, 6) is 2.92. The molecule has 0 radical (unpaired) electrons. The first-order valence-electron chi connectivity index (χ1n) is 8.83. The van der Waals surface area contributed by atoms with E-state index < -0.39 is 0 Å². The van der Waals surface area contributed by atoms with Crippen molar-refractivity contribution in [1.82, 2.24) is 19.7 Å². The van der Waals surface area contributed by atoms with E-state index in [4.69, 9.17) is 4.98 Å². The van der Waals surface area contributed by atoms with Gasteiger partial charge in [-0.1, -0.05) is 6.42 Å². The lowest BCUT2D eigenvalue weighted by molar-refractivity contribution is 0.465. The summed E-state index contributed by atoms with van der Waals surface area (Å²) in [5, 5.41) is 10.3. The molecule has 2 aromatic rings. The van der Waals surface area contributed by atoms with Gasteiger partial charge in [-0.15, -0.1) is 21.5 Å². The molecule has 2 aromatic heterocycles. The van der Waals surface area contributed by atoms with Gasteiger partial charge in [-0.3, -0.25) is 0 Å². The van der Waals surface area contributed by atoms with Gasteiger partial charge in [-0.05, 0) is 39.5 Å². The summed E-state index contributed by atoms with van der Waals surface area (Å²) in [7, 11) is 0. The van der Waals surface area contributed by atoms with Gasteiger partial charge in [0.2, 0.25) is 0 Å². The van der Waals surface area contributed by atoms with E-state index in [1.807, 2.05) is 11.3 Å². The molecule has 5 nitrogen and oxygen atoms in total. The van der Waals surface area contributed by atoms with Gasteiger partial charge in [0, 0.05) is 36.9 Å². The van der Waals surface area contributed by atoms with E-state index in [-0.39, 0.29) is 0 Å². The van der Waals surface area contributed by atoms with Gasteiger partial charge < -0.3 is 9.47 Å². The summed E-state index contributed by atoms with van der Waals surface area (Å²) in [6.45, 7) is 7.52. The van der Waals surface area contributed by atoms with Gasteiger partial charge in [0.15, 0.2) is 5.13 Å². The Labute approximate surface area is 141 Å². The Morgan fingerprint density at radius 3 is 2.78 bits per heavy atom. The van der Waals surface area contributed by atoms with E-state index >= 15 is 0 Å². The zero-order valence-corrected chi connectivity index (χ0v) is 14.9. The average molecular weight is 331 g/mol. The highest BCUT2D eigenvalue weighted by molar-refractivity contribution is 7.15. The monoisotopic (exact) mass is 331 g/mol. The molecule has 0 bridgehead atoms. The van der Waals surface area contributed by atoms with Gasteiger partial charge in [0.1, 0.15) is 11.6 Å². The van der Waals surface area contributed by atoms with Crippen molar-refractivity contribution in [3.05, 3.63) is 22.2 Å². The van der Waals surface area contributed by atoms with Crippen molar-refractivity contribution in [3.8, 4) is 0 Å². The molecule has 2 aliphatic rings. The van der Waals surface area contributed by atoms with E-state index in [9.17, 15) is 0 Å². The zero-order chi connectivity index (χ0) is 15.8. The SMILES string of the molecule is Cc1nc(N2CCC[C@@H](c3nnc4n3CCCCC4)C2)sc1C. The standard InChI is InChI=1S/C17H25N5S/c1-12-13(2)23-17(18-12)21-9-6-7-14(11-21)16-20-19-15-8-4-3-5-10-22(15)16/h14H,3-11H2,1-2H3/t14-/m1/s1. The number of aromatic nitrogens is 4. The maximum Gasteiger partial charge on any atom is 0.185 e. The Balaban J connectivity index is 1.57. The summed E-state index contributed by atoms with van der Waals surface area (Å²) in [5.41, 5.74) is 1.17. The first-order valence-corrected chi connectivity index (χ1v) is 9.65. The number of hydrogen-bond donors (Lipinski definition) is 0. The molecule has 0 saturated carbocycles. The molecule has 1 saturated heterocycles. The number of hydrogen-bond acceptors (Lipinski definition) is 5. The topological polar surface area (TPSA) is 46.8 Å². The second-order valence-electron chi connectivity index (χ2n) is 6.86. The number of rotatable bonds is 2. The van der Waals surface area contributed by atoms with Gasteiger partial charge in [0.25, 0.3) is 0 Å². The third-order valence-corrected chi connectivity index (χ3v) is 6.35. The molecular formula is C17H25N5S. The maximum atomic E-state index is 4.75. The lowest BCUT2D eigenvalue weighted by Crippen LogP contribution is -2.35. The third-order valence-electron chi connectivity index (χ3n) is 5.21. The molecule has 124 valence electrons. The number of anilines is 1. The molecule has 4 rings (SSSR count). The van der Waals surface area contributed by atoms with Gasteiger partial charge in [0.05, 0.1) is 5.69 Å². The van der Waals surface area contributed by atoms with Gasteiger partial charge >= 0.3 is 0 Å². The van der Waals surface area contributed by atoms with Crippen LogP contribution in [0.15, 0.2) is 0 Å². The molecular weight excluding hydrogens is 306 g/mol. The van der Waals surface area contributed by atoms with E-state index in [1.165, 1.54) is 59.5 Å². The van der Waals surface area contributed by atoms with Crippen LogP contribution in [-0.4, -0.2) is 32.8 Å². The van der Waals surface area contributed by atoms with Crippen molar-refractivity contribution in [2.24, 2.45) is 0 Å². The van der Waals surface area contributed by atoms with Crippen LogP contribution in [0.25, 0.3) is 0 Å². The van der Waals surface area contributed by atoms with Crippen molar-refractivity contribution < 1.29 is 0 Å². The summed E-state index contributed by atoms with van der Waals surface area (Å²) in [4.78, 5) is 8.54. The number of fused-ring (bicyclic) bond motifs is 1. The Bertz CT molecular complexity index is 670. The van der Waals surface area contributed by atoms with Crippen LogP contribution >= 0.6 is 11.3 Å². The van der Waals surface area contributed by atoms with E-state index in [0.29, 0.717) is 5.92 Å². The molecule has 2 aliphatic heterocycles. The molecule has 1 fully saturated rings. The first kappa shape index (κ1) is 15.1. The van der Waals surface area contributed by atoms with Gasteiger partial charge in [-0.2, -0.15) is 0 Å². The normalized spacial score (nSPS) is 22.0. The molecule has 1 atom stereocenters. The van der Waals surface area contributed by atoms with Crippen LogP contribution in [0.5, 0.6) is 0 Å². The predicted octanol–water partition coefficient (Wildman–Crippen LogP) is 3.46. The smallest absolute Gasteiger partial charge is 0.185 e. The summed E-state index contributed by atoms with van der Waals surface area (Å²) < 4.78 is 2.42. The van der Waals surface area contributed by atoms with E-state index in [2.05, 4.69) is 33.5 Å². The fourth-order valence-corrected chi connectivity index (χ4v) is 4.71. The van der Waals surface area contributed by atoms with Crippen molar-refractivity contribution >= 4 is 16.5 Å². The minimum Gasteiger partial charge on any atom is -0.347 e. The van der Waals surface area contributed by atoms with Crippen molar-refractivity contribution in [2.45, 2.75) is 64.8 Å². The zero-order valence-electron chi connectivity index (χ0n) is 14.1. The van der Waals surface area contributed by atoms with Crippen LogP contribution in [0.3, 0.4) is 0 Å². The molecule has 0 aliphatic carbocycles. The average Bonchev–Trinajstić information content (AvgIpc) is 3.03. The largest absolute Gasteiger partial charge is 0.347 e. The van der Waals surface area contributed by atoms with Gasteiger partial charge in [-0.25, -0.2) is 4.98 Å². The Hall–Kier alpha value is -1.43. The Kier molecular flexibility index (Phi) is 4.09. The summed E-state index contributed by atoms with van der Waals surface area (Å²) >= 11 is 1.82. The third kappa shape index (κ3) is 2.89. The molecule has 0 aromatic carbocycles. The lowest BCUT2D eigenvalue weighted by atomic mass is 9.97.